The van der Waals surface area contributed by atoms with Gasteiger partial charge in [-0.05, 0) is 31.7 Å². The van der Waals surface area contributed by atoms with Crippen LogP contribution in [0.1, 0.15) is 31.7 Å². The molecule has 1 aliphatic rings. The first-order valence-electron chi connectivity index (χ1n) is 7.30. The average molecular weight is 263 g/mol. The number of aliphatic hydroxyl groups excluding tert-OH is 1. The Kier molecular flexibility index (Phi) is 5.83. The smallest absolute Gasteiger partial charge is 0.0706 e. The van der Waals surface area contributed by atoms with Crippen molar-refractivity contribution in [3.8, 4) is 0 Å². The zero-order chi connectivity index (χ0) is 13.5. The molecule has 0 aromatic heterocycles. The van der Waals surface area contributed by atoms with Gasteiger partial charge in [0.1, 0.15) is 0 Å². The van der Waals surface area contributed by atoms with Crippen LogP contribution in [0.25, 0.3) is 0 Å². The first kappa shape index (κ1) is 14.5. The molecule has 1 aromatic rings. The van der Waals surface area contributed by atoms with Gasteiger partial charge in [0.2, 0.25) is 0 Å². The molecule has 1 saturated heterocycles. The van der Waals surface area contributed by atoms with Crippen molar-refractivity contribution < 1.29 is 9.84 Å². The van der Waals surface area contributed by atoms with E-state index in [9.17, 15) is 0 Å². The highest BCUT2D eigenvalue weighted by molar-refractivity contribution is 5.14. The van der Waals surface area contributed by atoms with E-state index in [0.29, 0.717) is 12.2 Å². The van der Waals surface area contributed by atoms with Gasteiger partial charge in [0.05, 0.1) is 12.2 Å². The minimum absolute atomic E-state index is 0.288. The zero-order valence-corrected chi connectivity index (χ0v) is 11.8. The highest BCUT2D eigenvalue weighted by Gasteiger charge is 2.24. The third-order valence-corrected chi connectivity index (χ3v) is 3.59. The molecule has 0 spiro atoms. The topological polar surface area (TPSA) is 32.7 Å². The SMILES string of the molecule is C[C@H]1CN(Cc2ccccc2)C[C@@H](CCCCO)O1. The molecular weight excluding hydrogens is 238 g/mol. The van der Waals surface area contributed by atoms with Crippen LogP contribution in [0.2, 0.25) is 0 Å². The number of benzene rings is 1. The monoisotopic (exact) mass is 263 g/mol. The molecule has 1 fully saturated rings. The van der Waals surface area contributed by atoms with Gasteiger partial charge in [-0.1, -0.05) is 30.3 Å². The lowest BCUT2D eigenvalue weighted by Gasteiger charge is -2.37. The van der Waals surface area contributed by atoms with Crippen molar-refractivity contribution >= 4 is 0 Å². The van der Waals surface area contributed by atoms with Crippen molar-refractivity contribution in [1.29, 1.82) is 0 Å². The lowest BCUT2D eigenvalue weighted by atomic mass is 10.1. The van der Waals surface area contributed by atoms with Gasteiger partial charge < -0.3 is 9.84 Å². The summed E-state index contributed by atoms with van der Waals surface area (Å²) in [5, 5.41) is 8.84. The largest absolute Gasteiger partial charge is 0.396 e. The second kappa shape index (κ2) is 7.63. The van der Waals surface area contributed by atoms with E-state index in [4.69, 9.17) is 9.84 Å². The number of ether oxygens (including phenoxy) is 1. The quantitative estimate of drug-likeness (QED) is 0.800. The van der Waals surface area contributed by atoms with E-state index in [2.05, 4.69) is 42.2 Å². The van der Waals surface area contributed by atoms with Crippen LogP contribution in [0.4, 0.5) is 0 Å². The summed E-state index contributed by atoms with van der Waals surface area (Å²) in [5.74, 6) is 0. The summed E-state index contributed by atoms with van der Waals surface area (Å²) < 4.78 is 5.98. The van der Waals surface area contributed by atoms with Crippen LogP contribution in [0.5, 0.6) is 0 Å². The van der Waals surface area contributed by atoms with Crippen LogP contribution < -0.4 is 0 Å². The van der Waals surface area contributed by atoms with Gasteiger partial charge in [-0.25, -0.2) is 0 Å². The number of hydrogen-bond donors (Lipinski definition) is 1. The lowest BCUT2D eigenvalue weighted by molar-refractivity contribution is -0.0828. The molecule has 1 aromatic carbocycles. The van der Waals surface area contributed by atoms with Crippen LogP contribution in [0, 0.1) is 0 Å². The molecule has 0 bridgehead atoms. The minimum Gasteiger partial charge on any atom is -0.396 e. The van der Waals surface area contributed by atoms with Crippen molar-refractivity contribution in [3.05, 3.63) is 35.9 Å². The number of nitrogens with zero attached hydrogens (tertiary/aromatic N) is 1. The summed E-state index contributed by atoms with van der Waals surface area (Å²) in [6.07, 6.45) is 3.60. The fraction of sp³-hybridized carbons (Fsp3) is 0.625. The minimum atomic E-state index is 0.288. The molecule has 0 unspecified atom stereocenters. The van der Waals surface area contributed by atoms with Crippen LogP contribution >= 0.6 is 0 Å². The predicted molar refractivity (Wildman–Crippen MR) is 77.0 cm³/mol. The van der Waals surface area contributed by atoms with Gasteiger partial charge in [0, 0.05) is 26.2 Å². The molecule has 3 nitrogen and oxygen atoms in total. The predicted octanol–water partition coefficient (Wildman–Crippen LogP) is 2.44. The van der Waals surface area contributed by atoms with Crippen LogP contribution in [-0.4, -0.2) is 41.9 Å². The number of unbranched alkanes of at least 4 members (excludes halogenated alkanes) is 1. The Morgan fingerprint density at radius 2 is 2.00 bits per heavy atom. The van der Waals surface area contributed by atoms with Crippen LogP contribution in [0.3, 0.4) is 0 Å². The van der Waals surface area contributed by atoms with E-state index in [1.165, 1.54) is 5.56 Å². The molecule has 1 aliphatic heterocycles. The third kappa shape index (κ3) is 4.94. The van der Waals surface area contributed by atoms with Gasteiger partial charge in [-0.15, -0.1) is 0 Å². The summed E-state index contributed by atoms with van der Waals surface area (Å²) in [7, 11) is 0. The molecule has 3 heteroatoms. The first-order chi connectivity index (χ1) is 9.28. The van der Waals surface area contributed by atoms with E-state index < -0.39 is 0 Å². The summed E-state index contributed by atoms with van der Waals surface area (Å²) in [6, 6.07) is 10.6. The Morgan fingerprint density at radius 3 is 2.74 bits per heavy atom. The zero-order valence-electron chi connectivity index (χ0n) is 11.8. The van der Waals surface area contributed by atoms with Crippen molar-refractivity contribution in [2.45, 2.75) is 44.9 Å². The molecule has 0 radical (unpaired) electrons. The summed E-state index contributed by atoms with van der Waals surface area (Å²) in [4.78, 5) is 2.48. The van der Waals surface area contributed by atoms with Gasteiger partial charge in [-0.3, -0.25) is 4.90 Å². The fourth-order valence-electron chi connectivity index (χ4n) is 2.75. The molecule has 106 valence electrons. The Hall–Kier alpha value is -0.900. The van der Waals surface area contributed by atoms with Crippen LogP contribution in [-0.2, 0) is 11.3 Å². The maximum atomic E-state index is 8.84. The molecule has 0 amide bonds. The van der Waals surface area contributed by atoms with Crippen LogP contribution in [0.15, 0.2) is 30.3 Å². The maximum Gasteiger partial charge on any atom is 0.0706 e. The Morgan fingerprint density at radius 1 is 1.21 bits per heavy atom. The highest BCUT2D eigenvalue weighted by Crippen LogP contribution is 2.18. The molecule has 1 heterocycles. The molecule has 2 atom stereocenters. The molecule has 0 aliphatic carbocycles. The highest BCUT2D eigenvalue weighted by atomic mass is 16.5. The molecule has 2 rings (SSSR count). The fourth-order valence-corrected chi connectivity index (χ4v) is 2.75. The maximum absolute atomic E-state index is 8.84. The van der Waals surface area contributed by atoms with Crippen molar-refractivity contribution in [3.63, 3.8) is 0 Å². The molecule has 1 N–H and O–H groups in total. The second-order valence-corrected chi connectivity index (χ2v) is 5.47. The first-order valence-corrected chi connectivity index (χ1v) is 7.30. The Labute approximate surface area is 116 Å². The second-order valence-electron chi connectivity index (χ2n) is 5.47. The van der Waals surface area contributed by atoms with E-state index in [1.54, 1.807) is 0 Å². The van der Waals surface area contributed by atoms with E-state index in [-0.39, 0.29) is 6.61 Å². The summed E-state index contributed by atoms with van der Waals surface area (Å²) in [6.45, 7) is 5.45. The van der Waals surface area contributed by atoms with Gasteiger partial charge in [0.15, 0.2) is 0 Å². The molecule has 19 heavy (non-hydrogen) atoms. The van der Waals surface area contributed by atoms with Gasteiger partial charge >= 0.3 is 0 Å². The third-order valence-electron chi connectivity index (χ3n) is 3.59. The number of hydrogen-bond acceptors (Lipinski definition) is 3. The number of aliphatic hydroxyl groups is 1. The normalized spacial score (nSPS) is 24.5. The Balaban J connectivity index is 1.83. The van der Waals surface area contributed by atoms with E-state index >= 15 is 0 Å². The summed E-state index contributed by atoms with van der Waals surface area (Å²) >= 11 is 0. The van der Waals surface area contributed by atoms with E-state index in [1.807, 2.05) is 0 Å². The number of rotatable bonds is 6. The standard InChI is InChI=1S/C16H25NO2/c1-14-11-17(12-15-7-3-2-4-8-15)13-16(19-14)9-5-6-10-18/h2-4,7-8,14,16,18H,5-6,9-13H2,1H3/t14-,16+/m0/s1. The van der Waals surface area contributed by atoms with Crippen molar-refractivity contribution in [1.82, 2.24) is 4.90 Å². The van der Waals surface area contributed by atoms with E-state index in [0.717, 1.165) is 38.9 Å². The van der Waals surface area contributed by atoms with Crippen molar-refractivity contribution in [2.75, 3.05) is 19.7 Å². The molecular formula is C16H25NO2. The number of morpholine rings is 1. The average Bonchev–Trinajstić information content (AvgIpc) is 2.39. The van der Waals surface area contributed by atoms with Crippen molar-refractivity contribution in [2.24, 2.45) is 0 Å². The van der Waals surface area contributed by atoms with Gasteiger partial charge in [-0.2, -0.15) is 0 Å². The van der Waals surface area contributed by atoms with Gasteiger partial charge in [0.25, 0.3) is 0 Å². The summed E-state index contributed by atoms with van der Waals surface area (Å²) in [5.41, 5.74) is 1.37. The Bertz CT molecular complexity index is 355. The molecule has 0 saturated carbocycles. The lowest BCUT2D eigenvalue weighted by Crippen LogP contribution is -2.46.